The monoisotopic (exact) mass is 495 g/mol. The number of thioether (sulfide) groups is 1. The average molecular weight is 496 g/mol. The number of para-hydroxylation sites is 1. The Morgan fingerprint density at radius 2 is 1.76 bits per heavy atom. The number of hydrogen-bond acceptors (Lipinski definition) is 8. The molecule has 1 N–H and O–H groups in total. The smallest absolute Gasteiger partial charge is 0.239 e. The summed E-state index contributed by atoms with van der Waals surface area (Å²) in [5.41, 5.74) is 1.76. The van der Waals surface area contributed by atoms with Crippen molar-refractivity contribution in [2.75, 3.05) is 12.4 Å². The highest BCUT2D eigenvalue weighted by Crippen LogP contribution is 2.31. The lowest BCUT2D eigenvalue weighted by Crippen LogP contribution is -2.23. The molecule has 2 atom stereocenters. The maximum absolute atomic E-state index is 12.8. The molecular weight excluding hydrogens is 470 g/mol. The molecule has 0 aliphatic rings. The van der Waals surface area contributed by atoms with Gasteiger partial charge in [0, 0.05) is 11.1 Å². The number of nitrogens with zero attached hydrogens (tertiary/aromatic N) is 4. The highest BCUT2D eigenvalue weighted by atomic mass is 32.2. The predicted molar refractivity (Wildman–Crippen MR) is 134 cm³/mol. The zero-order chi connectivity index (χ0) is 24.1. The van der Waals surface area contributed by atoms with Gasteiger partial charge in [0.1, 0.15) is 11.5 Å². The molecule has 0 saturated carbocycles. The molecule has 0 aliphatic heterocycles. The number of amides is 1. The highest BCUT2D eigenvalue weighted by Gasteiger charge is 2.25. The SMILES string of the molecule is COc1ccc(OC(C)c2nnc(SC(C)C(=O)Nc3nc(C)cs3)n2-c2ccccc2)cc1. The summed E-state index contributed by atoms with van der Waals surface area (Å²) in [4.78, 5) is 17.1. The maximum Gasteiger partial charge on any atom is 0.239 e. The van der Waals surface area contributed by atoms with Crippen LogP contribution < -0.4 is 14.8 Å². The number of carbonyl (C=O) groups is 1. The summed E-state index contributed by atoms with van der Waals surface area (Å²) in [6.45, 7) is 5.65. The van der Waals surface area contributed by atoms with E-state index in [1.54, 1.807) is 7.11 Å². The number of ether oxygens (including phenoxy) is 2. The quantitative estimate of drug-likeness (QED) is 0.315. The fourth-order valence-electron chi connectivity index (χ4n) is 3.18. The van der Waals surface area contributed by atoms with Gasteiger partial charge in [0.05, 0.1) is 18.1 Å². The molecule has 0 aliphatic carbocycles. The number of hydrogen-bond donors (Lipinski definition) is 1. The van der Waals surface area contributed by atoms with Crippen molar-refractivity contribution in [3.05, 3.63) is 71.5 Å². The summed E-state index contributed by atoms with van der Waals surface area (Å²) in [6, 6.07) is 17.2. The Balaban J connectivity index is 1.57. The van der Waals surface area contributed by atoms with Gasteiger partial charge in [-0.2, -0.15) is 0 Å². The van der Waals surface area contributed by atoms with Gasteiger partial charge >= 0.3 is 0 Å². The number of rotatable bonds is 9. The Morgan fingerprint density at radius 1 is 1.06 bits per heavy atom. The molecule has 0 spiro atoms. The molecule has 4 rings (SSSR count). The number of benzene rings is 2. The van der Waals surface area contributed by atoms with Crippen molar-refractivity contribution in [2.45, 2.75) is 37.3 Å². The van der Waals surface area contributed by atoms with E-state index >= 15 is 0 Å². The molecule has 0 bridgehead atoms. The minimum absolute atomic E-state index is 0.147. The van der Waals surface area contributed by atoms with Crippen molar-refractivity contribution in [3.8, 4) is 17.2 Å². The number of anilines is 1. The van der Waals surface area contributed by atoms with Crippen LogP contribution in [0, 0.1) is 6.92 Å². The minimum Gasteiger partial charge on any atom is -0.497 e. The van der Waals surface area contributed by atoms with Gasteiger partial charge < -0.3 is 14.8 Å². The van der Waals surface area contributed by atoms with Gasteiger partial charge in [-0.15, -0.1) is 21.5 Å². The van der Waals surface area contributed by atoms with Crippen LogP contribution in [0.1, 0.15) is 31.5 Å². The number of carbonyl (C=O) groups excluding carboxylic acids is 1. The van der Waals surface area contributed by atoms with Crippen molar-refractivity contribution in [2.24, 2.45) is 0 Å². The number of thiazole rings is 1. The van der Waals surface area contributed by atoms with E-state index in [0.29, 0.717) is 21.9 Å². The zero-order valence-corrected chi connectivity index (χ0v) is 20.9. The van der Waals surface area contributed by atoms with Crippen molar-refractivity contribution < 1.29 is 14.3 Å². The first-order chi connectivity index (χ1) is 16.4. The molecule has 176 valence electrons. The topological polar surface area (TPSA) is 91.2 Å². The molecular formula is C24H25N5O3S2. The Kier molecular flexibility index (Phi) is 7.49. The summed E-state index contributed by atoms with van der Waals surface area (Å²) >= 11 is 2.73. The Labute approximate surface area is 206 Å². The van der Waals surface area contributed by atoms with E-state index in [0.717, 1.165) is 17.1 Å². The maximum atomic E-state index is 12.8. The van der Waals surface area contributed by atoms with E-state index in [1.807, 2.05) is 85.3 Å². The van der Waals surface area contributed by atoms with Crippen LogP contribution in [0.25, 0.3) is 5.69 Å². The fraction of sp³-hybridized carbons (Fsp3) is 0.250. The van der Waals surface area contributed by atoms with Gasteiger partial charge in [-0.25, -0.2) is 4.98 Å². The summed E-state index contributed by atoms with van der Waals surface area (Å²) < 4.78 is 13.3. The van der Waals surface area contributed by atoms with Crippen LogP contribution in [0.2, 0.25) is 0 Å². The molecule has 0 saturated heterocycles. The van der Waals surface area contributed by atoms with E-state index < -0.39 is 11.4 Å². The number of methoxy groups -OCH3 is 1. The van der Waals surface area contributed by atoms with E-state index in [-0.39, 0.29) is 5.91 Å². The lowest BCUT2D eigenvalue weighted by atomic mass is 10.3. The molecule has 4 aromatic rings. The van der Waals surface area contributed by atoms with Gasteiger partial charge in [-0.1, -0.05) is 30.0 Å². The lowest BCUT2D eigenvalue weighted by molar-refractivity contribution is -0.115. The first kappa shape index (κ1) is 23.8. The van der Waals surface area contributed by atoms with Crippen LogP contribution in [-0.2, 0) is 4.79 Å². The third kappa shape index (κ3) is 5.57. The van der Waals surface area contributed by atoms with Crippen molar-refractivity contribution in [1.82, 2.24) is 19.7 Å². The fourth-order valence-corrected chi connectivity index (χ4v) is 4.75. The van der Waals surface area contributed by atoms with Gasteiger partial charge in [0.2, 0.25) is 5.91 Å². The minimum atomic E-state index is -0.415. The average Bonchev–Trinajstić information content (AvgIpc) is 3.45. The van der Waals surface area contributed by atoms with E-state index in [4.69, 9.17) is 9.47 Å². The second-order valence-electron chi connectivity index (χ2n) is 7.49. The largest absolute Gasteiger partial charge is 0.497 e. The summed E-state index contributed by atoms with van der Waals surface area (Å²) in [6.07, 6.45) is -0.391. The molecule has 2 heterocycles. The molecule has 2 aromatic heterocycles. The molecule has 0 radical (unpaired) electrons. The number of nitrogens with one attached hydrogen (secondary N) is 1. The van der Waals surface area contributed by atoms with Crippen LogP contribution in [0.3, 0.4) is 0 Å². The normalized spacial score (nSPS) is 12.7. The molecule has 2 unspecified atom stereocenters. The molecule has 1 amide bonds. The second-order valence-corrected chi connectivity index (χ2v) is 9.66. The second kappa shape index (κ2) is 10.7. The summed E-state index contributed by atoms with van der Waals surface area (Å²) in [7, 11) is 1.62. The lowest BCUT2D eigenvalue weighted by Gasteiger charge is -2.17. The van der Waals surface area contributed by atoms with E-state index in [9.17, 15) is 4.79 Å². The third-order valence-electron chi connectivity index (χ3n) is 4.91. The molecule has 2 aromatic carbocycles. The van der Waals surface area contributed by atoms with Crippen molar-refractivity contribution >= 4 is 34.1 Å². The van der Waals surface area contributed by atoms with Gasteiger partial charge in [-0.05, 0) is 57.2 Å². The van der Waals surface area contributed by atoms with Crippen molar-refractivity contribution in [1.29, 1.82) is 0 Å². The third-order valence-corrected chi connectivity index (χ3v) is 6.83. The Bertz CT molecular complexity index is 1240. The first-order valence-electron chi connectivity index (χ1n) is 10.7. The van der Waals surface area contributed by atoms with Gasteiger partial charge in [0.15, 0.2) is 22.2 Å². The van der Waals surface area contributed by atoms with E-state index in [1.165, 1.54) is 23.1 Å². The number of aryl methyl sites for hydroxylation is 1. The van der Waals surface area contributed by atoms with Gasteiger partial charge in [-0.3, -0.25) is 9.36 Å². The number of aromatic nitrogens is 4. The Hall–Kier alpha value is -3.37. The summed E-state index contributed by atoms with van der Waals surface area (Å²) in [5.74, 6) is 1.93. The van der Waals surface area contributed by atoms with Crippen LogP contribution >= 0.6 is 23.1 Å². The van der Waals surface area contributed by atoms with E-state index in [2.05, 4.69) is 20.5 Å². The van der Waals surface area contributed by atoms with Crippen LogP contribution in [0.4, 0.5) is 5.13 Å². The molecule has 0 fully saturated rings. The molecule has 10 heteroatoms. The van der Waals surface area contributed by atoms with Crippen LogP contribution in [-0.4, -0.2) is 38.0 Å². The molecule has 8 nitrogen and oxygen atoms in total. The first-order valence-corrected chi connectivity index (χ1v) is 12.4. The standard InChI is InChI=1S/C24H25N5O3S2/c1-15-14-33-23(25-15)26-22(30)17(3)34-24-28-27-21(29(24)18-8-6-5-7-9-18)16(2)32-20-12-10-19(31-4)11-13-20/h5-14,16-17H,1-4H3,(H,25,26,30). The Morgan fingerprint density at radius 3 is 2.41 bits per heavy atom. The summed E-state index contributed by atoms with van der Waals surface area (Å²) in [5, 5.41) is 14.4. The van der Waals surface area contributed by atoms with Gasteiger partial charge in [0.25, 0.3) is 0 Å². The zero-order valence-electron chi connectivity index (χ0n) is 19.3. The molecule has 34 heavy (non-hydrogen) atoms. The van der Waals surface area contributed by atoms with Crippen molar-refractivity contribution in [3.63, 3.8) is 0 Å². The van der Waals surface area contributed by atoms with Crippen LogP contribution in [0.15, 0.2) is 65.1 Å². The predicted octanol–water partition coefficient (Wildman–Crippen LogP) is 5.30. The van der Waals surface area contributed by atoms with Crippen LogP contribution in [0.5, 0.6) is 11.5 Å². The highest BCUT2D eigenvalue weighted by molar-refractivity contribution is 8.00.